The third-order valence-electron chi connectivity index (χ3n) is 4.93. The monoisotopic (exact) mass is 499 g/mol. The Morgan fingerprint density at radius 1 is 0.906 bits per heavy atom. The van der Waals surface area contributed by atoms with Crippen molar-refractivity contribution in [3.63, 3.8) is 0 Å². The number of nitrogens with one attached hydrogen (secondary N) is 1. The summed E-state index contributed by atoms with van der Waals surface area (Å²) in [6, 6.07) is 19.1. The fourth-order valence-electron chi connectivity index (χ4n) is 3.48. The van der Waals surface area contributed by atoms with E-state index in [1.807, 2.05) is 6.07 Å². The minimum Gasteiger partial charge on any atom is -0.450 e. The number of hydrogen-bond donors (Lipinski definition) is 1. The van der Waals surface area contributed by atoms with Crippen molar-refractivity contribution in [1.82, 2.24) is 0 Å². The number of hydrogen-bond acceptors (Lipinski definition) is 4. The van der Waals surface area contributed by atoms with E-state index in [1.165, 1.54) is 11.3 Å². The average Bonchev–Trinajstić information content (AvgIpc) is 3.32. The van der Waals surface area contributed by atoms with Gasteiger partial charge >= 0.3 is 0 Å². The average molecular weight is 501 g/mol. The van der Waals surface area contributed by atoms with Gasteiger partial charge < -0.3 is 9.73 Å². The molecular formula is C24H12Cl3NO3S. The molecule has 2 heterocycles. The third-order valence-corrected chi connectivity index (χ3v) is 7.07. The van der Waals surface area contributed by atoms with Crippen LogP contribution in [0.2, 0.25) is 15.1 Å². The molecule has 0 atom stereocenters. The summed E-state index contributed by atoms with van der Waals surface area (Å²) < 4.78 is 6.53. The smallest absolute Gasteiger partial charge is 0.267 e. The van der Waals surface area contributed by atoms with Crippen LogP contribution in [0.4, 0.5) is 5.69 Å². The zero-order valence-corrected chi connectivity index (χ0v) is 19.2. The van der Waals surface area contributed by atoms with Crippen molar-refractivity contribution >= 4 is 84.6 Å². The number of para-hydroxylation sites is 1. The van der Waals surface area contributed by atoms with Gasteiger partial charge in [-0.15, -0.1) is 11.3 Å². The Labute approximate surface area is 201 Å². The molecule has 0 radical (unpaired) electrons. The minimum absolute atomic E-state index is 0.0454. The van der Waals surface area contributed by atoms with Crippen LogP contribution in [0.1, 0.15) is 25.8 Å². The number of anilines is 1. The van der Waals surface area contributed by atoms with E-state index in [0.717, 1.165) is 0 Å². The maximum Gasteiger partial charge on any atom is 0.267 e. The number of ketones is 1. The number of benzene rings is 3. The summed E-state index contributed by atoms with van der Waals surface area (Å²) in [5, 5.41) is 5.04. The van der Waals surface area contributed by atoms with Crippen molar-refractivity contribution in [3.05, 3.63) is 98.0 Å². The highest BCUT2D eigenvalue weighted by Gasteiger charge is 2.26. The van der Waals surface area contributed by atoms with Crippen LogP contribution in [0.15, 0.2) is 71.1 Å². The van der Waals surface area contributed by atoms with E-state index in [0.29, 0.717) is 36.7 Å². The molecule has 0 aliphatic rings. The molecule has 8 heteroatoms. The van der Waals surface area contributed by atoms with Crippen molar-refractivity contribution in [2.45, 2.75) is 0 Å². The van der Waals surface area contributed by atoms with E-state index in [1.54, 1.807) is 60.7 Å². The minimum atomic E-state index is -0.475. The Balaban J connectivity index is 1.61. The van der Waals surface area contributed by atoms with Crippen LogP contribution in [0.5, 0.6) is 0 Å². The number of halogens is 3. The molecular weight excluding hydrogens is 489 g/mol. The van der Waals surface area contributed by atoms with Crippen LogP contribution in [0, 0.1) is 0 Å². The van der Waals surface area contributed by atoms with Gasteiger partial charge in [-0.05, 0) is 24.3 Å². The summed E-state index contributed by atoms with van der Waals surface area (Å²) in [4.78, 5) is 26.6. The van der Waals surface area contributed by atoms with E-state index >= 15 is 0 Å². The van der Waals surface area contributed by atoms with Gasteiger partial charge in [0, 0.05) is 26.1 Å². The lowest BCUT2D eigenvalue weighted by molar-refractivity contribution is 0.101. The van der Waals surface area contributed by atoms with Crippen LogP contribution >= 0.6 is 46.1 Å². The molecule has 158 valence electrons. The van der Waals surface area contributed by atoms with Crippen molar-refractivity contribution < 1.29 is 14.0 Å². The fourth-order valence-corrected chi connectivity index (χ4v) is 5.75. The van der Waals surface area contributed by atoms with Gasteiger partial charge in [0.25, 0.3) is 5.91 Å². The number of fused-ring (bicyclic) bond motifs is 2. The summed E-state index contributed by atoms with van der Waals surface area (Å²) in [5.41, 5.74) is 1.22. The summed E-state index contributed by atoms with van der Waals surface area (Å²) in [6.45, 7) is 0. The molecule has 0 aliphatic carbocycles. The molecule has 0 saturated heterocycles. The highest BCUT2D eigenvalue weighted by molar-refractivity contribution is 7.21. The number of thiophene rings is 1. The van der Waals surface area contributed by atoms with E-state index in [-0.39, 0.29) is 27.1 Å². The van der Waals surface area contributed by atoms with Crippen LogP contribution in [-0.2, 0) is 0 Å². The maximum absolute atomic E-state index is 13.2. The van der Waals surface area contributed by atoms with E-state index in [9.17, 15) is 9.59 Å². The van der Waals surface area contributed by atoms with Gasteiger partial charge in [0.2, 0.25) is 5.78 Å². The Morgan fingerprint density at radius 3 is 2.41 bits per heavy atom. The molecule has 4 nitrogen and oxygen atoms in total. The summed E-state index contributed by atoms with van der Waals surface area (Å²) in [5.74, 6) is -0.768. The number of amides is 1. The molecule has 0 bridgehead atoms. The van der Waals surface area contributed by atoms with Gasteiger partial charge in [-0.2, -0.15) is 0 Å². The van der Waals surface area contributed by atoms with Gasteiger partial charge in [0.05, 0.1) is 15.7 Å². The first-order chi connectivity index (χ1) is 15.4. The lowest BCUT2D eigenvalue weighted by atomic mass is 10.1. The molecule has 0 fully saturated rings. The third kappa shape index (κ3) is 3.57. The molecule has 5 aromatic rings. The standard InChI is InChI=1S/C24H12Cl3NO3S/c25-13-10-15(26)18-17(11-13)32-23(19(18)27)24(30)28-20-14-8-4-5-9-16(14)31-22(20)21(29)12-6-2-1-3-7-12/h1-11H,(H,28,30). The molecule has 3 aromatic carbocycles. The Hall–Kier alpha value is -2.83. The van der Waals surface area contributed by atoms with Gasteiger partial charge in [-0.3, -0.25) is 9.59 Å². The zero-order chi connectivity index (χ0) is 22.4. The second-order valence-electron chi connectivity index (χ2n) is 6.96. The molecule has 1 N–H and O–H groups in total. The van der Waals surface area contributed by atoms with E-state index in [2.05, 4.69) is 5.32 Å². The van der Waals surface area contributed by atoms with Crippen LogP contribution in [-0.4, -0.2) is 11.7 Å². The highest BCUT2D eigenvalue weighted by Crippen LogP contribution is 2.42. The first-order valence-electron chi connectivity index (χ1n) is 9.43. The zero-order valence-electron chi connectivity index (χ0n) is 16.1. The second-order valence-corrected chi connectivity index (χ2v) is 9.23. The first kappa shape index (κ1) is 21.0. The van der Waals surface area contributed by atoms with E-state index in [4.69, 9.17) is 39.2 Å². The summed E-state index contributed by atoms with van der Waals surface area (Å²) in [6.07, 6.45) is 0. The predicted molar refractivity (Wildman–Crippen MR) is 131 cm³/mol. The highest BCUT2D eigenvalue weighted by atomic mass is 35.5. The lowest BCUT2D eigenvalue weighted by Crippen LogP contribution is -2.13. The predicted octanol–water partition coefficient (Wildman–Crippen LogP) is 8.09. The molecule has 1 amide bonds. The largest absolute Gasteiger partial charge is 0.450 e. The van der Waals surface area contributed by atoms with Gasteiger partial charge in [0.1, 0.15) is 10.5 Å². The van der Waals surface area contributed by atoms with Crippen molar-refractivity contribution in [2.24, 2.45) is 0 Å². The van der Waals surface area contributed by atoms with Crippen LogP contribution in [0.25, 0.3) is 21.1 Å². The first-order valence-corrected chi connectivity index (χ1v) is 11.4. The molecule has 2 aromatic heterocycles. The normalized spacial score (nSPS) is 11.2. The van der Waals surface area contributed by atoms with Crippen LogP contribution in [0.3, 0.4) is 0 Å². The van der Waals surface area contributed by atoms with Gasteiger partial charge in [-0.1, -0.05) is 77.3 Å². The number of carbonyl (C=O) groups excluding carboxylic acids is 2. The van der Waals surface area contributed by atoms with Gasteiger partial charge in [0.15, 0.2) is 5.76 Å². The van der Waals surface area contributed by atoms with E-state index < -0.39 is 5.91 Å². The second kappa shape index (κ2) is 8.26. The Bertz CT molecular complexity index is 1520. The number of rotatable bonds is 4. The Kier molecular flexibility index (Phi) is 5.43. The number of carbonyl (C=O) groups is 2. The Morgan fingerprint density at radius 2 is 1.62 bits per heavy atom. The van der Waals surface area contributed by atoms with Crippen molar-refractivity contribution in [2.75, 3.05) is 5.32 Å². The van der Waals surface area contributed by atoms with Crippen LogP contribution < -0.4 is 5.32 Å². The molecule has 0 saturated carbocycles. The van der Waals surface area contributed by atoms with Gasteiger partial charge in [-0.25, -0.2) is 0 Å². The summed E-state index contributed by atoms with van der Waals surface area (Å²) >= 11 is 20.0. The quantitative estimate of drug-likeness (QED) is 0.254. The molecule has 5 rings (SSSR count). The molecule has 0 unspecified atom stereocenters. The fraction of sp³-hybridized carbons (Fsp3) is 0. The SMILES string of the molecule is O=C(c1ccccc1)c1oc2ccccc2c1NC(=O)c1sc2cc(Cl)cc(Cl)c2c1Cl. The molecule has 0 aliphatic heterocycles. The topological polar surface area (TPSA) is 59.3 Å². The maximum atomic E-state index is 13.2. The summed E-state index contributed by atoms with van der Waals surface area (Å²) in [7, 11) is 0. The molecule has 0 spiro atoms. The lowest BCUT2D eigenvalue weighted by Gasteiger charge is -2.05. The molecule has 32 heavy (non-hydrogen) atoms. The van der Waals surface area contributed by atoms with Crippen molar-refractivity contribution in [1.29, 1.82) is 0 Å². The number of furan rings is 1. The van der Waals surface area contributed by atoms with Crippen molar-refractivity contribution in [3.8, 4) is 0 Å².